The fraction of sp³-hybridized carbons (Fsp3) is 0.500. The molecule has 0 aromatic heterocycles. The Labute approximate surface area is 111 Å². The van der Waals surface area contributed by atoms with Crippen LogP contribution in [0.5, 0.6) is 0 Å². The highest BCUT2D eigenvalue weighted by Crippen LogP contribution is 2.18. The highest BCUT2D eigenvalue weighted by molar-refractivity contribution is 5.94. The van der Waals surface area contributed by atoms with Crippen molar-refractivity contribution in [3.05, 3.63) is 35.4 Å². The van der Waals surface area contributed by atoms with Gasteiger partial charge in [-0.1, -0.05) is 6.07 Å². The highest BCUT2D eigenvalue weighted by Gasteiger charge is 2.24. The van der Waals surface area contributed by atoms with Gasteiger partial charge in [0.2, 0.25) is 0 Å². The van der Waals surface area contributed by atoms with Crippen LogP contribution in [0.1, 0.15) is 16.8 Å². The van der Waals surface area contributed by atoms with E-state index in [1.165, 1.54) is 17.0 Å². The molecule has 0 bridgehead atoms. The second-order valence-electron chi connectivity index (χ2n) is 5.20. The third-order valence-electron chi connectivity index (χ3n) is 3.55. The van der Waals surface area contributed by atoms with Crippen LogP contribution in [0.25, 0.3) is 0 Å². The van der Waals surface area contributed by atoms with E-state index in [9.17, 15) is 13.6 Å². The summed E-state index contributed by atoms with van der Waals surface area (Å²) in [5, 5.41) is 0. The van der Waals surface area contributed by atoms with E-state index in [2.05, 4.69) is 4.90 Å². The largest absolute Gasteiger partial charge is 0.341 e. The van der Waals surface area contributed by atoms with Crippen LogP contribution in [-0.4, -0.2) is 49.4 Å². The van der Waals surface area contributed by atoms with Gasteiger partial charge in [-0.15, -0.1) is 0 Å². The van der Waals surface area contributed by atoms with Gasteiger partial charge in [-0.2, -0.15) is 0 Å². The van der Waals surface area contributed by atoms with Gasteiger partial charge in [0.1, 0.15) is 0 Å². The molecule has 1 aromatic rings. The molecule has 1 aromatic carbocycles. The van der Waals surface area contributed by atoms with E-state index in [0.29, 0.717) is 12.5 Å². The van der Waals surface area contributed by atoms with Gasteiger partial charge in [0.25, 0.3) is 5.91 Å². The first-order valence-corrected chi connectivity index (χ1v) is 6.37. The van der Waals surface area contributed by atoms with Gasteiger partial charge in [-0.25, -0.2) is 8.78 Å². The molecule has 1 aliphatic heterocycles. The van der Waals surface area contributed by atoms with Crippen LogP contribution in [0.2, 0.25) is 0 Å². The first-order chi connectivity index (χ1) is 8.99. The predicted octanol–water partition coefficient (Wildman–Crippen LogP) is 1.99. The van der Waals surface area contributed by atoms with E-state index in [4.69, 9.17) is 0 Å². The van der Waals surface area contributed by atoms with E-state index >= 15 is 0 Å². The summed E-state index contributed by atoms with van der Waals surface area (Å²) in [5.74, 6) is -2.12. The van der Waals surface area contributed by atoms with Crippen LogP contribution in [0.4, 0.5) is 8.78 Å². The zero-order chi connectivity index (χ0) is 14.0. The monoisotopic (exact) mass is 268 g/mol. The molecule has 1 fully saturated rings. The van der Waals surface area contributed by atoms with Crippen LogP contribution in [-0.2, 0) is 0 Å². The third-order valence-corrected chi connectivity index (χ3v) is 3.55. The van der Waals surface area contributed by atoms with E-state index in [1.807, 2.05) is 7.05 Å². The average molecular weight is 268 g/mol. The van der Waals surface area contributed by atoms with Gasteiger partial charge in [0, 0.05) is 20.1 Å². The minimum atomic E-state index is -1.07. The second kappa shape index (κ2) is 5.65. The van der Waals surface area contributed by atoms with Crippen molar-refractivity contribution in [1.82, 2.24) is 9.80 Å². The Kier molecular flexibility index (Phi) is 4.14. The topological polar surface area (TPSA) is 23.6 Å². The number of benzene rings is 1. The number of carbonyl (C=O) groups is 1. The van der Waals surface area contributed by atoms with E-state index in [1.54, 1.807) is 7.05 Å². The van der Waals surface area contributed by atoms with Crippen LogP contribution in [0, 0.1) is 17.6 Å². The van der Waals surface area contributed by atoms with Crippen LogP contribution in [0.15, 0.2) is 18.2 Å². The Morgan fingerprint density at radius 1 is 1.47 bits per heavy atom. The lowest BCUT2D eigenvalue weighted by atomic mass is 10.1. The number of halogens is 2. The van der Waals surface area contributed by atoms with Gasteiger partial charge in [0.05, 0.1) is 5.56 Å². The Morgan fingerprint density at radius 3 is 2.84 bits per heavy atom. The number of amides is 1. The third kappa shape index (κ3) is 3.10. The summed E-state index contributed by atoms with van der Waals surface area (Å²) >= 11 is 0. The molecule has 2 rings (SSSR count). The molecule has 104 valence electrons. The summed E-state index contributed by atoms with van der Waals surface area (Å²) in [6.45, 7) is 2.52. The van der Waals surface area contributed by atoms with Gasteiger partial charge in [-0.05, 0) is 38.1 Å². The molecule has 1 amide bonds. The van der Waals surface area contributed by atoms with Crippen molar-refractivity contribution in [2.24, 2.45) is 5.92 Å². The summed E-state index contributed by atoms with van der Waals surface area (Å²) in [6.07, 6.45) is 1.03. The van der Waals surface area contributed by atoms with E-state index in [0.717, 1.165) is 25.6 Å². The van der Waals surface area contributed by atoms with Crippen molar-refractivity contribution < 1.29 is 13.6 Å². The number of carbonyl (C=O) groups excluding carboxylic acids is 1. The van der Waals surface area contributed by atoms with Crippen molar-refractivity contribution in [1.29, 1.82) is 0 Å². The standard InChI is InChI=1S/C14H18F2N2O/c1-17-7-6-10(8-17)9-18(2)14(19)11-4-3-5-12(15)13(11)16/h3-5,10H,6-9H2,1-2H3. The fourth-order valence-corrected chi connectivity index (χ4v) is 2.52. The van der Waals surface area contributed by atoms with E-state index < -0.39 is 17.5 Å². The normalized spacial score (nSPS) is 19.7. The second-order valence-corrected chi connectivity index (χ2v) is 5.20. The molecule has 5 heteroatoms. The number of likely N-dealkylation sites (tertiary alicyclic amines) is 1. The van der Waals surface area contributed by atoms with Crippen LogP contribution < -0.4 is 0 Å². The fourth-order valence-electron chi connectivity index (χ4n) is 2.52. The molecule has 0 spiro atoms. The predicted molar refractivity (Wildman–Crippen MR) is 68.9 cm³/mol. The highest BCUT2D eigenvalue weighted by atomic mass is 19.2. The summed E-state index contributed by atoms with van der Waals surface area (Å²) in [7, 11) is 3.67. The molecule has 1 saturated heterocycles. The molecule has 19 heavy (non-hydrogen) atoms. The minimum Gasteiger partial charge on any atom is -0.341 e. The maximum Gasteiger partial charge on any atom is 0.256 e. The van der Waals surface area contributed by atoms with Crippen LogP contribution in [0.3, 0.4) is 0 Å². The number of rotatable bonds is 3. The molecule has 1 aliphatic rings. The van der Waals surface area contributed by atoms with Crippen molar-refractivity contribution in [3.8, 4) is 0 Å². The zero-order valence-electron chi connectivity index (χ0n) is 11.2. The summed E-state index contributed by atoms with van der Waals surface area (Å²) in [5.41, 5.74) is -0.200. The molecule has 0 aliphatic carbocycles. The van der Waals surface area contributed by atoms with Crippen molar-refractivity contribution >= 4 is 5.91 Å². The summed E-state index contributed by atoms with van der Waals surface area (Å²) < 4.78 is 26.7. The maximum absolute atomic E-state index is 13.6. The number of nitrogens with zero attached hydrogens (tertiary/aromatic N) is 2. The van der Waals surface area contributed by atoms with Crippen molar-refractivity contribution in [3.63, 3.8) is 0 Å². The molecule has 3 nitrogen and oxygen atoms in total. The number of hydrogen-bond acceptors (Lipinski definition) is 2. The lowest BCUT2D eigenvalue weighted by molar-refractivity contribution is 0.0768. The molecule has 1 atom stereocenters. The maximum atomic E-state index is 13.6. The SMILES string of the molecule is CN1CCC(CN(C)C(=O)c2cccc(F)c2F)C1. The summed E-state index contributed by atoms with van der Waals surface area (Å²) in [4.78, 5) is 15.8. The lowest BCUT2D eigenvalue weighted by Crippen LogP contribution is -2.33. The van der Waals surface area contributed by atoms with Crippen LogP contribution >= 0.6 is 0 Å². The first-order valence-electron chi connectivity index (χ1n) is 6.37. The Hall–Kier alpha value is -1.49. The van der Waals surface area contributed by atoms with E-state index in [-0.39, 0.29) is 5.56 Å². The van der Waals surface area contributed by atoms with Gasteiger partial charge in [-0.3, -0.25) is 4.79 Å². The van der Waals surface area contributed by atoms with Gasteiger partial charge >= 0.3 is 0 Å². The quantitative estimate of drug-likeness (QED) is 0.837. The van der Waals surface area contributed by atoms with Gasteiger partial charge < -0.3 is 9.80 Å². The lowest BCUT2D eigenvalue weighted by Gasteiger charge is -2.21. The zero-order valence-corrected chi connectivity index (χ0v) is 11.2. The van der Waals surface area contributed by atoms with Crippen molar-refractivity contribution in [2.45, 2.75) is 6.42 Å². The molecule has 0 N–H and O–H groups in total. The summed E-state index contributed by atoms with van der Waals surface area (Å²) in [6, 6.07) is 3.68. The van der Waals surface area contributed by atoms with Crippen molar-refractivity contribution in [2.75, 3.05) is 33.7 Å². The Morgan fingerprint density at radius 2 is 2.21 bits per heavy atom. The first kappa shape index (κ1) is 13.9. The molecule has 0 saturated carbocycles. The Balaban J connectivity index is 2.04. The number of hydrogen-bond donors (Lipinski definition) is 0. The molecular formula is C14H18F2N2O. The molecular weight excluding hydrogens is 250 g/mol. The van der Waals surface area contributed by atoms with Gasteiger partial charge in [0.15, 0.2) is 11.6 Å². The molecule has 0 radical (unpaired) electrons. The molecule has 1 heterocycles. The smallest absolute Gasteiger partial charge is 0.256 e. The minimum absolute atomic E-state index is 0.200. The Bertz CT molecular complexity index is 479. The molecule has 1 unspecified atom stereocenters. The average Bonchev–Trinajstić information content (AvgIpc) is 2.77.